The maximum atomic E-state index is 14.0. The molecule has 0 fully saturated rings. The molecular weight excluding hydrogens is 726 g/mol. The Hall–Kier alpha value is -4.21. The van der Waals surface area contributed by atoms with Gasteiger partial charge in [0.1, 0.15) is 30.2 Å². The summed E-state index contributed by atoms with van der Waals surface area (Å²) in [5.74, 6) is -4.46. The van der Waals surface area contributed by atoms with E-state index in [0.29, 0.717) is 109 Å². The van der Waals surface area contributed by atoms with Crippen molar-refractivity contribution >= 4 is 35.5 Å². The summed E-state index contributed by atoms with van der Waals surface area (Å²) >= 11 is 0. The van der Waals surface area contributed by atoms with E-state index in [-0.39, 0.29) is 32.1 Å². The number of rotatable bonds is 33. The maximum absolute atomic E-state index is 14.0. The van der Waals surface area contributed by atoms with Crippen LogP contribution in [-0.4, -0.2) is 120 Å². The van der Waals surface area contributed by atoms with E-state index in [2.05, 4.69) is 36.6 Å². The van der Waals surface area contributed by atoms with Gasteiger partial charge in [0, 0.05) is 12.6 Å². The molecule has 320 valence electrons. The zero-order chi connectivity index (χ0) is 41.7. The quantitative estimate of drug-likeness (QED) is 0.0326. The van der Waals surface area contributed by atoms with Crippen LogP contribution in [0.1, 0.15) is 102 Å². The standard InChI is InChI=1S/C36H69N13O7/c37-16-6-1-11-25(42)31(50)45-26(12-2-7-17-38)32(51)46-28(14-4-9-19-40)34(53)49-30(21-24-22-43-23-44-24)35(54)47-27(13-3-8-18-39)33(52)48-29(36(55)56)15-5-10-20-41/h22-23,25-30H,1-21,37-42H2,(H,43,44)(H,45,50)(H,46,51)(H,47,54)(H,48,52)(H,49,53)(H,55,56)/t25-,26-,27-,28-,29-,30-/m0/s1. The van der Waals surface area contributed by atoms with E-state index in [0.717, 1.165) is 0 Å². The van der Waals surface area contributed by atoms with Crippen molar-refractivity contribution in [1.29, 1.82) is 0 Å². The van der Waals surface area contributed by atoms with Gasteiger partial charge >= 0.3 is 5.97 Å². The first-order chi connectivity index (χ1) is 26.9. The first-order valence-corrected chi connectivity index (χ1v) is 19.9. The van der Waals surface area contributed by atoms with E-state index in [9.17, 15) is 33.9 Å². The van der Waals surface area contributed by atoms with E-state index >= 15 is 0 Å². The van der Waals surface area contributed by atoms with E-state index in [1.807, 2.05) is 0 Å². The number of carbonyl (C=O) groups is 6. The molecule has 0 aliphatic carbocycles. The van der Waals surface area contributed by atoms with Crippen LogP contribution >= 0.6 is 0 Å². The molecule has 0 saturated heterocycles. The van der Waals surface area contributed by atoms with Crippen LogP contribution in [0.15, 0.2) is 12.5 Å². The lowest BCUT2D eigenvalue weighted by molar-refractivity contribution is -0.142. The first kappa shape index (κ1) is 49.8. The highest BCUT2D eigenvalue weighted by Gasteiger charge is 2.33. The number of amides is 5. The molecule has 5 amide bonds. The van der Waals surface area contributed by atoms with Gasteiger partial charge < -0.3 is 71.1 Å². The van der Waals surface area contributed by atoms with Crippen molar-refractivity contribution in [2.45, 2.75) is 139 Å². The maximum Gasteiger partial charge on any atom is 0.326 e. The summed E-state index contributed by atoms with van der Waals surface area (Å²) in [6.07, 6.45) is 9.48. The number of imidazole rings is 1. The molecule has 0 aliphatic heterocycles. The fraction of sp³-hybridized carbons (Fsp3) is 0.750. The van der Waals surface area contributed by atoms with Gasteiger partial charge in [-0.1, -0.05) is 6.42 Å². The molecule has 0 aromatic carbocycles. The first-order valence-electron chi connectivity index (χ1n) is 19.9. The number of carbonyl (C=O) groups excluding carboxylic acids is 5. The molecule has 20 nitrogen and oxygen atoms in total. The lowest BCUT2D eigenvalue weighted by Gasteiger charge is -2.27. The third-order valence-corrected chi connectivity index (χ3v) is 9.21. The lowest BCUT2D eigenvalue weighted by atomic mass is 10.0. The molecule has 1 rings (SSSR count). The molecular formula is C36H69N13O7. The molecule has 1 heterocycles. The molecule has 19 N–H and O–H groups in total. The number of nitrogens with one attached hydrogen (secondary N) is 6. The van der Waals surface area contributed by atoms with Gasteiger partial charge in [0.15, 0.2) is 0 Å². The van der Waals surface area contributed by atoms with Crippen molar-refractivity contribution in [3.05, 3.63) is 18.2 Å². The van der Waals surface area contributed by atoms with Crippen LogP contribution in [0.2, 0.25) is 0 Å². The van der Waals surface area contributed by atoms with Crippen LogP contribution in [0, 0.1) is 0 Å². The number of nitrogens with zero attached hydrogens (tertiary/aromatic N) is 1. The molecule has 20 heteroatoms. The fourth-order valence-electron chi connectivity index (χ4n) is 5.86. The van der Waals surface area contributed by atoms with Crippen molar-refractivity contribution in [2.75, 3.05) is 32.7 Å². The molecule has 6 atom stereocenters. The molecule has 56 heavy (non-hydrogen) atoms. The van der Waals surface area contributed by atoms with Gasteiger partial charge in [-0.25, -0.2) is 9.78 Å². The largest absolute Gasteiger partial charge is 0.480 e. The van der Waals surface area contributed by atoms with Crippen molar-refractivity contribution in [1.82, 2.24) is 36.6 Å². The minimum atomic E-state index is -1.27. The number of nitrogens with two attached hydrogens (primary N) is 6. The van der Waals surface area contributed by atoms with Gasteiger partial charge in [0.25, 0.3) is 0 Å². The van der Waals surface area contributed by atoms with E-state index in [1.54, 1.807) is 6.20 Å². The number of carboxylic acid groups (broad SMARTS) is 1. The van der Waals surface area contributed by atoms with Crippen LogP contribution in [0.3, 0.4) is 0 Å². The Labute approximate surface area is 329 Å². The van der Waals surface area contributed by atoms with Gasteiger partial charge in [-0.3, -0.25) is 24.0 Å². The molecule has 0 saturated carbocycles. The summed E-state index contributed by atoms with van der Waals surface area (Å²) < 4.78 is 0. The Balaban J connectivity index is 3.32. The van der Waals surface area contributed by atoms with E-state index < -0.39 is 71.8 Å². The number of aliphatic carboxylic acids is 1. The third-order valence-electron chi connectivity index (χ3n) is 9.21. The number of H-pyrrole nitrogens is 1. The van der Waals surface area contributed by atoms with E-state index in [1.165, 1.54) is 6.33 Å². The summed E-state index contributed by atoms with van der Waals surface area (Å²) in [5, 5.41) is 23.2. The highest BCUT2D eigenvalue weighted by atomic mass is 16.4. The molecule has 1 aromatic rings. The van der Waals surface area contributed by atoms with E-state index in [4.69, 9.17) is 34.4 Å². The van der Waals surface area contributed by atoms with Crippen LogP contribution in [0.25, 0.3) is 0 Å². The molecule has 0 spiro atoms. The average Bonchev–Trinajstić information content (AvgIpc) is 3.69. The van der Waals surface area contributed by atoms with Crippen LogP contribution < -0.4 is 61.0 Å². The van der Waals surface area contributed by atoms with Gasteiger partial charge in [0.2, 0.25) is 29.5 Å². The minimum absolute atomic E-state index is 0.0850. The Kier molecular flexibility index (Phi) is 26.7. The fourth-order valence-corrected chi connectivity index (χ4v) is 5.86. The summed E-state index contributed by atoms with van der Waals surface area (Å²) in [6, 6.07) is -6.62. The Bertz CT molecular complexity index is 1290. The number of hydrogen-bond donors (Lipinski definition) is 13. The second-order valence-electron chi connectivity index (χ2n) is 13.9. The smallest absolute Gasteiger partial charge is 0.326 e. The van der Waals surface area contributed by atoms with Gasteiger partial charge in [-0.15, -0.1) is 0 Å². The van der Waals surface area contributed by atoms with Crippen molar-refractivity contribution in [3.8, 4) is 0 Å². The van der Waals surface area contributed by atoms with Crippen molar-refractivity contribution in [3.63, 3.8) is 0 Å². The second kappa shape index (κ2) is 30.0. The number of hydrogen-bond acceptors (Lipinski definition) is 13. The molecule has 0 aliphatic rings. The molecule has 0 unspecified atom stereocenters. The molecule has 0 bridgehead atoms. The summed E-state index contributed by atoms with van der Waals surface area (Å²) in [6.45, 7) is 1.90. The highest BCUT2D eigenvalue weighted by Crippen LogP contribution is 2.10. The normalized spacial score (nSPS) is 14.4. The predicted molar refractivity (Wildman–Crippen MR) is 212 cm³/mol. The van der Waals surface area contributed by atoms with Gasteiger partial charge in [-0.2, -0.15) is 0 Å². The molecule has 1 aromatic heterocycles. The number of unbranched alkanes of at least 4 members (excludes halogenated alkanes) is 5. The summed E-state index contributed by atoms with van der Waals surface area (Å²) in [7, 11) is 0. The number of carboxylic acids is 1. The topological polar surface area (TPSA) is 368 Å². The van der Waals surface area contributed by atoms with Crippen molar-refractivity contribution < 1.29 is 33.9 Å². The summed E-state index contributed by atoms with van der Waals surface area (Å²) in [5.41, 5.74) is 34.7. The Morgan fingerprint density at radius 2 is 0.857 bits per heavy atom. The van der Waals surface area contributed by atoms with Crippen molar-refractivity contribution in [2.24, 2.45) is 34.4 Å². The second-order valence-corrected chi connectivity index (χ2v) is 13.9. The lowest BCUT2D eigenvalue weighted by Crippen LogP contribution is -2.59. The molecule has 0 radical (unpaired) electrons. The number of aromatic amines is 1. The van der Waals surface area contributed by atoms with Crippen LogP contribution in [0.4, 0.5) is 0 Å². The van der Waals surface area contributed by atoms with Gasteiger partial charge in [0.05, 0.1) is 18.1 Å². The zero-order valence-electron chi connectivity index (χ0n) is 32.8. The summed E-state index contributed by atoms with van der Waals surface area (Å²) in [4.78, 5) is 87.0. The monoisotopic (exact) mass is 796 g/mol. The third kappa shape index (κ3) is 20.6. The number of aromatic nitrogens is 2. The minimum Gasteiger partial charge on any atom is -0.480 e. The van der Waals surface area contributed by atoms with Crippen LogP contribution in [-0.2, 0) is 35.2 Å². The Morgan fingerprint density at radius 3 is 1.23 bits per heavy atom. The van der Waals surface area contributed by atoms with Crippen LogP contribution in [0.5, 0.6) is 0 Å². The Morgan fingerprint density at radius 1 is 0.518 bits per heavy atom. The zero-order valence-corrected chi connectivity index (χ0v) is 32.8. The highest BCUT2D eigenvalue weighted by molar-refractivity contribution is 5.96. The average molecular weight is 796 g/mol. The SMILES string of the molecule is NCCCC[C@H](NC(=O)[C@H](CCCCN)NC(=O)[C@H](Cc1c[nH]cn1)NC(=O)[C@H](CCCCN)NC(=O)[C@H](CCCCN)NC(=O)[C@@H](N)CCCCN)C(=O)O. The van der Waals surface area contributed by atoms with Gasteiger partial charge in [-0.05, 0) is 123 Å². The predicted octanol–water partition coefficient (Wildman–Crippen LogP) is -2.57.